The Morgan fingerprint density at radius 1 is 1.50 bits per heavy atom. The van der Waals surface area contributed by atoms with Crippen LogP contribution in [0.5, 0.6) is 0 Å². The molecule has 3 nitrogen and oxygen atoms in total. The highest BCUT2D eigenvalue weighted by atomic mass is 19.3. The predicted octanol–water partition coefficient (Wildman–Crippen LogP) is 1.87. The van der Waals surface area contributed by atoms with Gasteiger partial charge in [-0.15, -0.1) is 0 Å². The fourth-order valence-corrected chi connectivity index (χ4v) is 2.32. The highest BCUT2D eigenvalue weighted by molar-refractivity contribution is 5.82. The zero-order valence-corrected chi connectivity index (χ0v) is 9.36. The highest BCUT2D eigenvalue weighted by Crippen LogP contribution is 2.43. The Kier molecular flexibility index (Phi) is 3.42. The molecule has 1 saturated heterocycles. The Balaban J connectivity index is 1.66. The molecular formula is C11H17F2NO2. The summed E-state index contributed by atoms with van der Waals surface area (Å²) in [5.41, 5.74) is 0. The van der Waals surface area contributed by atoms with Gasteiger partial charge in [0.15, 0.2) is 0 Å². The normalized spacial score (nSPS) is 29.4. The molecule has 1 heterocycles. The van der Waals surface area contributed by atoms with Gasteiger partial charge in [-0.3, -0.25) is 4.79 Å². The molecular weight excluding hydrogens is 216 g/mol. The molecule has 0 aromatic heterocycles. The third kappa shape index (κ3) is 2.51. The van der Waals surface area contributed by atoms with Gasteiger partial charge in [0.1, 0.15) is 0 Å². The van der Waals surface area contributed by atoms with Crippen molar-refractivity contribution in [2.24, 2.45) is 11.8 Å². The van der Waals surface area contributed by atoms with Crippen LogP contribution in [0.15, 0.2) is 0 Å². The molecule has 0 aromatic carbocycles. The second-order valence-corrected chi connectivity index (χ2v) is 4.65. The minimum atomic E-state index is -2.73. The van der Waals surface area contributed by atoms with Gasteiger partial charge in [-0.1, -0.05) is 13.3 Å². The van der Waals surface area contributed by atoms with Crippen molar-refractivity contribution in [1.82, 2.24) is 4.90 Å². The lowest BCUT2D eigenvalue weighted by molar-refractivity contribution is -0.199. The minimum Gasteiger partial charge on any atom is -0.337 e. The van der Waals surface area contributed by atoms with E-state index in [4.69, 9.17) is 0 Å². The van der Waals surface area contributed by atoms with E-state index < -0.39 is 12.7 Å². The number of carbonyl (C=O) groups excluding carboxylic acids is 1. The third-order valence-corrected chi connectivity index (χ3v) is 3.35. The quantitative estimate of drug-likeness (QED) is 0.725. The van der Waals surface area contributed by atoms with Gasteiger partial charge in [-0.05, 0) is 18.8 Å². The van der Waals surface area contributed by atoms with E-state index in [1.54, 1.807) is 4.90 Å². The summed E-state index contributed by atoms with van der Waals surface area (Å²) < 4.78 is 28.0. The van der Waals surface area contributed by atoms with Gasteiger partial charge in [0, 0.05) is 19.0 Å². The number of likely N-dealkylation sites (tertiary alicyclic amines) is 1. The van der Waals surface area contributed by atoms with E-state index in [0.717, 1.165) is 19.3 Å². The van der Waals surface area contributed by atoms with E-state index in [0.29, 0.717) is 19.0 Å². The van der Waals surface area contributed by atoms with Crippen molar-refractivity contribution in [3.63, 3.8) is 0 Å². The summed E-state index contributed by atoms with van der Waals surface area (Å²) in [6.45, 7) is 0.0450. The van der Waals surface area contributed by atoms with Crippen molar-refractivity contribution in [3.8, 4) is 0 Å². The predicted molar refractivity (Wildman–Crippen MR) is 54.0 cm³/mol. The molecule has 2 atom stereocenters. The largest absolute Gasteiger partial charge is 0.345 e. The Hall–Kier alpha value is -0.710. The molecule has 2 fully saturated rings. The first kappa shape index (κ1) is 11.8. The van der Waals surface area contributed by atoms with Crippen molar-refractivity contribution < 1.29 is 18.3 Å². The molecule has 1 saturated carbocycles. The van der Waals surface area contributed by atoms with Gasteiger partial charge in [-0.2, -0.15) is 8.78 Å². The van der Waals surface area contributed by atoms with Crippen LogP contribution >= 0.6 is 0 Å². The van der Waals surface area contributed by atoms with Gasteiger partial charge >= 0.3 is 6.61 Å². The topological polar surface area (TPSA) is 29.5 Å². The zero-order chi connectivity index (χ0) is 11.7. The number of rotatable bonds is 5. The van der Waals surface area contributed by atoms with E-state index in [1.165, 1.54) is 0 Å². The molecule has 2 rings (SSSR count). The molecule has 16 heavy (non-hydrogen) atoms. The van der Waals surface area contributed by atoms with Crippen molar-refractivity contribution >= 4 is 5.91 Å². The molecule has 0 unspecified atom stereocenters. The van der Waals surface area contributed by atoms with Gasteiger partial charge < -0.3 is 9.64 Å². The van der Waals surface area contributed by atoms with Crippen LogP contribution in [0, 0.1) is 11.8 Å². The number of hydrogen-bond acceptors (Lipinski definition) is 2. The Bertz CT molecular complexity index is 267. The van der Waals surface area contributed by atoms with Crippen LogP contribution in [0.2, 0.25) is 0 Å². The lowest BCUT2D eigenvalue weighted by Crippen LogP contribution is -2.55. The Labute approximate surface area is 93.7 Å². The zero-order valence-electron chi connectivity index (χ0n) is 9.36. The van der Waals surface area contributed by atoms with Crippen LogP contribution in [0.25, 0.3) is 0 Å². The van der Waals surface area contributed by atoms with E-state index in [2.05, 4.69) is 11.7 Å². The summed E-state index contributed by atoms with van der Waals surface area (Å²) in [5, 5.41) is 0. The van der Waals surface area contributed by atoms with Crippen LogP contribution in [0.3, 0.4) is 0 Å². The molecule has 5 heteroatoms. The number of ether oxygens (including phenoxy) is 1. The second-order valence-electron chi connectivity index (χ2n) is 4.65. The number of nitrogens with zero attached hydrogens (tertiary/aromatic N) is 1. The Morgan fingerprint density at radius 3 is 2.75 bits per heavy atom. The maximum atomic E-state index is 11.8. The number of alkyl halides is 2. The van der Waals surface area contributed by atoms with E-state index in [-0.39, 0.29) is 11.8 Å². The van der Waals surface area contributed by atoms with Gasteiger partial charge in [0.2, 0.25) is 5.91 Å². The lowest BCUT2D eigenvalue weighted by Gasteiger charge is -2.38. The summed E-state index contributed by atoms with van der Waals surface area (Å²) in [6.07, 6.45) is 2.71. The van der Waals surface area contributed by atoms with Gasteiger partial charge in [-0.25, -0.2) is 0 Å². The molecule has 1 aliphatic heterocycles. The summed E-state index contributed by atoms with van der Waals surface area (Å²) in [7, 11) is 0. The average Bonchev–Trinajstić information content (AvgIpc) is 2.89. The maximum absolute atomic E-state index is 11.8. The van der Waals surface area contributed by atoms with Crippen molar-refractivity contribution in [2.45, 2.75) is 38.9 Å². The fraction of sp³-hybridized carbons (Fsp3) is 0.909. The molecule has 92 valence electrons. The molecule has 0 N–H and O–H groups in total. The standard InChI is InChI=1S/C11H17F2NO2/c1-2-3-7-4-9(7)10(15)14-5-8(6-14)16-11(12)13/h7-9,11H,2-6H2,1H3/t7-,9-/m1/s1. The summed E-state index contributed by atoms with van der Waals surface area (Å²) in [6, 6.07) is 0. The fourth-order valence-electron chi connectivity index (χ4n) is 2.32. The monoisotopic (exact) mass is 233 g/mol. The van der Waals surface area contributed by atoms with E-state index >= 15 is 0 Å². The summed E-state index contributed by atoms with van der Waals surface area (Å²) >= 11 is 0. The minimum absolute atomic E-state index is 0.132. The first-order valence-electron chi connectivity index (χ1n) is 5.84. The van der Waals surface area contributed by atoms with Crippen molar-refractivity contribution in [1.29, 1.82) is 0 Å². The van der Waals surface area contributed by atoms with Crippen LogP contribution in [-0.2, 0) is 9.53 Å². The summed E-state index contributed by atoms with van der Waals surface area (Å²) in [5.74, 6) is 0.826. The van der Waals surface area contributed by atoms with E-state index in [1.807, 2.05) is 0 Å². The molecule has 0 bridgehead atoms. The summed E-state index contributed by atoms with van der Waals surface area (Å²) in [4.78, 5) is 13.4. The SMILES string of the molecule is CCC[C@@H]1C[C@H]1C(=O)N1CC(OC(F)F)C1. The molecule has 0 aromatic rings. The number of carbonyl (C=O) groups is 1. The first-order valence-corrected chi connectivity index (χ1v) is 5.84. The van der Waals surface area contributed by atoms with Gasteiger partial charge in [0.05, 0.1) is 6.10 Å². The van der Waals surface area contributed by atoms with Crippen LogP contribution < -0.4 is 0 Å². The molecule has 1 amide bonds. The van der Waals surface area contributed by atoms with Crippen molar-refractivity contribution in [3.05, 3.63) is 0 Å². The van der Waals surface area contributed by atoms with Crippen LogP contribution in [0.1, 0.15) is 26.2 Å². The first-order chi connectivity index (χ1) is 7.61. The van der Waals surface area contributed by atoms with E-state index in [9.17, 15) is 13.6 Å². The lowest BCUT2D eigenvalue weighted by atomic mass is 10.1. The Morgan fingerprint density at radius 2 is 2.19 bits per heavy atom. The molecule has 0 spiro atoms. The number of amides is 1. The maximum Gasteiger partial charge on any atom is 0.345 e. The smallest absolute Gasteiger partial charge is 0.337 e. The average molecular weight is 233 g/mol. The third-order valence-electron chi connectivity index (χ3n) is 3.35. The molecule has 1 aliphatic carbocycles. The second kappa shape index (κ2) is 4.65. The number of halogens is 2. The number of hydrogen-bond donors (Lipinski definition) is 0. The van der Waals surface area contributed by atoms with Gasteiger partial charge in [0.25, 0.3) is 0 Å². The van der Waals surface area contributed by atoms with Crippen molar-refractivity contribution in [2.75, 3.05) is 13.1 Å². The molecule has 0 radical (unpaired) electrons. The van der Waals surface area contributed by atoms with Crippen LogP contribution in [0.4, 0.5) is 8.78 Å². The highest BCUT2D eigenvalue weighted by Gasteiger charge is 2.46. The molecule has 2 aliphatic rings. The van der Waals surface area contributed by atoms with Crippen LogP contribution in [-0.4, -0.2) is 36.6 Å².